The number of benzene rings is 3. The molecule has 150 valence electrons. The van der Waals surface area contributed by atoms with E-state index in [1.807, 2.05) is 72.8 Å². The Morgan fingerprint density at radius 3 is 2.40 bits per heavy atom. The summed E-state index contributed by atoms with van der Waals surface area (Å²) < 4.78 is 2.51. The summed E-state index contributed by atoms with van der Waals surface area (Å²) in [6.07, 6.45) is 0. The van der Waals surface area contributed by atoms with Crippen LogP contribution in [0, 0.1) is 0 Å². The van der Waals surface area contributed by atoms with Crippen LogP contribution in [-0.2, 0) is 4.79 Å². The average molecular weight is 480 g/mol. The van der Waals surface area contributed by atoms with E-state index >= 15 is 0 Å². The molecule has 0 saturated heterocycles. The molecule has 5 nitrogen and oxygen atoms in total. The van der Waals surface area contributed by atoms with Crippen molar-refractivity contribution in [3.8, 4) is 5.69 Å². The molecule has 0 aliphatic heterocycles. The first-order valence-corrected chi connectivity index (χ1v) is 11.0. The summed E-state index contributed by atoms with van der Waals surface area (Å²) in [5.41, 5.74) is 1.87. The molecule has 0 aliphatic carbocycles. The topological polar surface area (TPSA) is 64.0 Å². The molecule has 0 bridgehead atoms. The predicted molar refractivity (Wildman–Crippen MR) is 125 cm³/mol. The predicted octanol–water partition coefficient (Wildman–Crippen LogP) is 5.27. The van der Waals surface area contributed by atoms with Crippen LogP contribution in [0.1, 0.15) is 6.92 Å². The minimum atomic E-state index is -0.461. The monoisotopic (exact) mass is 479 g/mol. The number of nitrogens with one attached hydrogen (secondary N) is 1. The number of anilines is 1. The summed E-state index contributed by atoms with van der Waals surface area (Å²) in [7, 11) is 0. The summed E-state index contributed by atoms with van der Waals surface area (Å²) >= 11 is 4.64. The molecule has 1 N–H and O–H groups in total. The maximum atomic E-state index is 13.2. The minimum absolute atomic E-state index is 0.158. The second kappa shape index (κ2) is 8.85. The molecular weight excluding hydrogens is 462 g/mol. The molecule has 1 atom stereocenters. The van der Waals surface area contributed by atoms with E-state index < -0.39 is 5.25 Å². The maximum absolute atomic E-state index is 13.2. The van der Waals surface area contributed by atoms with Gasteiger partial charge in [0.2, 0.25) is 5.91 Å². The largest absolute Gasteiger partial charge is 0.325 e. The van der Waals surface area contributed by atoms with E-state index in [0.29, 0.717) is 27.4 Å². The van der Waals surface area contributed by atoms with Gasteiger partial charge in [-0.1, -0.05) is 58.0 Å². The highest BCUT2D eigenvalue weighted by Crippen LogP contribution is 2.26. The second-order valence-electron chi connectivity index (χ2n) is 6.64. The summed E-state index contributed by atoms with van der Waals surface area (Å²) in [4.78, 5) is 30.7. The van der Waals surface area contributed by atoms with Gasteiger partial charge >= 0.3 is 0 Å². The molecule has 0 aliphatic rings. The highest BCUT2D eigenvalue weighted by molar-refractivity contribution is 9.10. The molecule has 3 aromatic carbocycles. The van der Waals surface area contributed by atoms with Gasteiger partial charge in [0, 0.05) is 10.2 Å². The van der Waals surface area contributed by atoms with E-state index in [4.69, 9.17) is 4.98 Å². The Morgan fingerprint density at radius 2 is 1.67 bits per heavy atom. The number of carbonyl (C=O) groups is 1. The van der Waals surface area contributed by atoms with E-state index in [-0.39, 0.29) is 11.5 Å². The first-order valence-electron chi connectivity index (χ1n) is 9.33. The number of thioether (sulfide) groups is 1. The van der Waals surface area contributed by atoms with Crippen LogP contribution in [0.3, 0.4) is 0 Å². The fraction of sp³-hybridized carbons (Fsp3) is 0.0870. The summed E-state index contributed by atoms with van der Waals surface area (Å²) in [5.74, 6) is -0.163. The Hall–Kier alpha value is -2.90. The van der Waals surface area contributed by atoms with Gasteiger partial charge < -0.3 is 5.32 Å². The molecule has 0 radical (unpaired) electrons. The minimum Gasteiger partial charge on any atom is -0.325 e. The van der Waals surface area contributed by atoms with Crippen LogP contribution in [0.25, 0.3) is 16.6 Å². The fourth-order valence-corrected chi connectivity index (χ4v) is 4.18. The van der Waals surface area contributed by atoms with E-state index in [1.54, 1.807) is 17.6 Å². The quantitative estimate of drug-likeness (QED) is 0.312. The third kappa shape index (κ3) is 4.32. The Labute approximate surface area is 186 Å². The highest BCUT2D eigenvalue weighted by Gasteiger charge is 2.20. The van der Waals surface area contributed by atoms with E-state index in [1.165, 1.54) is 11.8 Å². The zero-order valence-electron chi connectivity index (χ0n) is 16.1. The lowest BCUT2D eigenvalue weighted by Gasteiger charge is -2.16. The van der Waals surface area contributed by atoms with Crippen LogP contribution >= 0.6 is 27.7 Å². The Balaban J connectivity index is 1.69. The van der Waals surface area contributed by atoms with Crippen molar-refractivity contribution < 1.29 is 4.79 Å². The third-order valence-electron chi connectivity index (χ3n) is 4.52. The van der Waals surface area contributed by atoms with E-state index in [2.05, 4.69) is 21.2 Å². The van der Waals surface area contributed by atoms with Gasteiger partial charge in [0.1, 0.15) is 0 Å². The molecule has 4 rings (SSSR count). The molecule has 0 fully saturated rings. The lowest BCUT2D eigenvalue weighted by atomic mass is 10.2. The number of rotatable bonds is 5. The first-order chi connectivity index (χ1) is 14.5. The number of aromatic nitrogens is 2. The van der Waals surface area contributed by atoms with Gasteiger partial charge in [-0.05, 0) is 55.5 Å². The van der Waals surface area contributed by atoms with Gasteiger partial charge in [-0.15, -0.1) is 0 Å². The Kier molecular flexibility index (Phi) is 6.01. The molecule has 1 amide bonds. The first kappa shape index (κ1) is 20.4. The number of amides is 1. The number of para-hydroxylation sites is 2. The van der Waals surface area contributed by atoms with Crippen molar-refractivity contribution in [3.63, 3.8) is 0 Å². The van der Waals surface area contributed by atoms with Gasteiger partial charge in [0.05, 0.1) is 21.8 Å². The summed E-state index contributed by atoms with van der Waals surface area (Å²) in [6, 6.07) is 24.0. The van der Waals surface area contributed by atoms with E-state index in [9.17, 15) is 9.59 Å². The van der Waals surface area contributed by atoms with Crippen LogP contribution in [0.5, 0.6) is 0 Å². The van der Waals surface area contributed by atoms with Crippen LogP contribution in [0.2, 0.25) is 0 Å². The second-order valence-corrected chi connectivity index (χ2v) is 8.87. The lowest BCUT2D eigenvalue weighted by molar-refractivity contribution is -0.115. The van der Waals surface area contributed by atoms with Crippen molar-refractivity contribution in [1.29, 1.82) is 0 Å². The Bertz CT molecular complexity index is 1260. The maximum Gasteiger partial charge on any atom is 0.266 e. The van der Waals surface area contributed by atoms with Crippen molar-refractivity contribution in [1.82, 2.24) is 9.55 Å². The molecule has 1 unspecified atom stereocenters. The smallest absolute Gasteiger partial charge is 0.266 e. The standard InChI is InChI=1S/C23H18BrN3O2S/c1-15(21(28)25-17-13-11-16(24)12-14-17)30-23-26-20-10-6-5-9-19(20)22(29)27(23)18-7-3-2-4-8-18/h2-15H,1H3,(H,25,28). The van der Waals surface area contributed by atoms with Crippen molar-refractivity contribution in [2.24, 2.45) is 0 Å². The normalized spacial score (nSPS) is 11.9. The lowest BCUT2D eigenvalue weighted by Crippen LogP contribution is -2.26. The average Bonchev–Trinajstić information content (AvgIpc) is 2.76. The number of hydrogen-bond acceptors (Lipinski definition) is 4. The molecule has 30 heavy (non-hydrogen) atoms. The van der Waals surface area contributed by atoms with Crippen LogP contribution in [0.15, 0.2) is 93.3 Å². The van der Waals surface area contributed by atoms with Gasteiger partial charge in [-0.25, -0.2) is 4.98 Å². The van der Waals surface area contributed by atoms with Crippen molar-refractivity contribution in [2.75, 3.05) is 5.32 Å². The van der Waals surface area contributed by atoms with Crippen molar-refractivity contribution in [2.45, 2.75) is 17.3 Å². The fourth-order valence-electron chi connectivity index (χ4n) is 2.98. The zero-order valence-corrected chi connectivity index (χ0v) is 18.5. The molecule has 7 heteroatoms. The molecule has 4 aromatic rings. The van der Waals surface area contributed by atoms with Crippen molar-refractivity contribution >= 4 is 50.2 Å². The van der Waals surface area contributed by atoms with Gasteiger partial charge in [0.25, 0.3) is 5.56 Å². The number of nitrogens with zero attached hydrogens (tertiary/aromatic N) is 2. The third-order valence-corrected chi connectivity index (χ3v) is 6.10. The summed E-state index contributed by atoms with van der Waals surface area (Å²) in [6.45, 7) is 1.80. The zero-order chi connectivity index (χ0) is 21.1. The van der Waals surface area contributed by atoms with Gasteiger partial charge in [0.15, 0.2) is 5.16 Å². The van der Waals surface area contributed by atoms with Crippen LogP contribution < -0.4 is 10.9 Å². The molecule has 0 spiro atoms. The number of fused-ring (bicyclic) bond motifs is 1. The Morgan fingerprint density at radius 1 is 1.00 bits per heavy atom. The van der Waals surface area contributed by atoms with Crippen molar-refractivity contribution in [3.05, 3.63) is 93.7 Å². The van der Waals surface area contributed by atoms with Crippen LogP contribution in [0.4, 0.5) is 5.69 Å². The number of hydrogen-bond donors (Lipinski definition) is 1. The van der Waals surface area contributed by atoms with Crippen LogP contribution in [-0.4, -0.2) is 20.7 Å². The van der Waals surface area contributed by atoms with E-state index in [0.717, 1.165) is 4.47 Å². The SMILES string of the molecule is CC(Sc1nc2ccccc2c(=O)n1-c1ccccc1)C(=O)Nc1ccc(Br)cc1. The van der Waals surface area contributed by atoms with Gasteiger partial charge in [-0.3, -0.25) is 14.2 Å². The number of carbonyl (C=O) groups excluding carboxylic acids is 1. The highest BCUT2D eigenvalue weighted by atomic mass is 79.9. The van der Waals surface area contributed by atoms with Gasteiger partial charge in [-0.2, -0.15) is 0 Å². The number of halogens is 1. The molecule has 0 saturated carbocycles. The molecular formula is C23H18BrN3O2S. The molecule has 1 heterocycles. The summed E-state index contributed by atoms with van der Waals surface area (Å²) in [5, 5.41) is 3.46. The molecule has 1 aromatic heterocycles.